The molecule has 0 aliphatic heterocycles. The van der Waals surface area contributed by atoms with Gasteiger partial charge in [-0.2, -0.15) is 4.98 Å². The first-order valence-electron chi connectivity index (χ1n) is 8.65. The van der Waals surface area contributed by atoms with Gasteiger partial charge >= 0.3 is 0 Å². The molecule has 1 amide bonds. The molecule has 0 saturated carbocycles. The standard InChI is InChI=1S/C20H20ClFN4OS/c1-20(2,3)17(27)23-15-6-4-5-7-16(15)28-19-24-18(21)25-26(19)12-13-8-10-14(22)11-9-13/h4-11H,12H2,1-3H3,(H,23,27). The molecular formula is C20H20ClFN4OS. The van der Waals surface area contributed by atoms with Crippen LogP contribution in [0.5, 0.6) is 0 Å². The maximum atomic E-state index is 13.1. The van der Waals surface area contributed by atoms with Gasteiger partial charge in [-0.1, -0.05) is 45.0 Å². The van der Waals surface area contributed by atoms with Gasteiger partial charge in [0, 0.05) is 10.3 Å². The number of nitrogens with one attached hydrogen (secondary N) is 1. The first-order chi connectivity index (χ1) is 13.2. The molecule has 146 valence electrons. The second-order valence-corrected chi connectivity index (χ2v) is 8.60. The Hall–Kier alpha value is -2.38. The highest BCUT2D eigenvalue weighted by Gasteiger charge is 2.22. The lowest BCUT2D eigenvalue weighted by Crippen LogP contribution is -2.27. The summed E-state index contributed by atoms with van der Waals surface area (Å²) in [5.41, 5.74) is 1.06. The quantitative estimate of drug-likeness (QED) is 0.614. The van der Waals surface area contributed by atoms with E-state index in [1.54, 1.807) is 16.8 Å². The summed E-state index contributed by atoms with van der Waals surface area (Å²) in [5, 5.41) is 7.89. The van der Waals surface area contributed by atoms with Gasteiger partial charge in [0.25, 0.3) is 0 Å². The third-order valence-electron chi connectivity index (χ3n) is 3.88. The Bertz CT molecular complexity index is 983. The summed E-state index contributed by atoms with van der Waals surface area (Å²) < 4.78 is 14.8. The molecule has 0 fully saturated rings. The van der Waals surface area contributed by atoms with Gasteiger partial charge in [-0.3, -0.25) is 4.79 Å². The number of anilines is 1. The number of amides is 1. The van der Waals surface area contributed by atoms with Gasteiger partial charge in [0.1, 0.15) is 5.82 Å². The normalized spacial score (nSPS) is 11.5. The highest BCUT2D eigenvalue weighted by molar-refractivity contribution is 7.99. The summed E-state index contributed by atoms with van der Waals surface area (Å²) in [4.78, 5) is 17.5. The molecule has 1 N–H and O–H groups in total. The monoisotopic (exact) mass is 418 g/mol. The van der Waals surface area contributed by atoms with Crippen LogP contribution >= 0.6 is 23.4 Å². The van der Waals surface area contributed by atoms with Gasteiger partial charge in [0.15, 0.2) is 5.16 Å². The van der Waals surface area contributed by atoms with E-state index >= 15 is 0 Å². The van der Waals surface area contributed by atoms with Crippen LogP contribution in [0.3, 0.4) is 0 Å². The van der Waals surface area contributed by atoms with Crippen LogP contribution in [0.4, 0.5) is 10.1 Å². The average molecular weight is 419 g/mol. The molecule has 0 atom stereocenters. The van der Waals surface area contributed by atoms with Crippen molar-refractivity contribution in [1.29, 1.82) is 0 Å². The lowest BCUT2D eigenvalue weighted by atomic mass is 9.95. The van der Waals surface area contributed by atoms with Crippen molar-refractivity contribution in [3.05, 3.63) is 65.2 Å². The zero-order valence-corrected chi connectivity index (χ0v) is 17.3. The largest absolute Gasteiger partial charge is 0.325 e. The summed E-state index contributed by atoms with van der Waals surface area (Å²) in [6, 6.07) is 13.7. The Morgan fingerprint density at radius 3 is 2.54 bits per heavy atom. The van der Waals surface area contributed by atoms with Crippen molar-refractivity contribution in [3.8, 4) is 0 Å². The maximum Gasteiger partial charge on any atom is 0.243 e. The van der Waals surface area contributed by atoms with Gasteiger partial charge in [0.05, 0.1) is 12.2 Å². The van der Waals surface area contributed by atoms with Gasteiger partial charge in [-0.25, -0.2) is 9.07 Å². The fourth-order valence-electron chi connectivity index (χ4n) is 2.31. The number of carbonyl (C=O) groups is 1. The van der Waals surface area contributed by atoms with Crippen molar-refractivity contribution >= 4 is 35.0 Å². The molecule has 28 heavy (non-hydrogen) atoms. The van der Waals surface area contributed by atoms with Crippen LogP contribution in [-0.2, 0) is 11.3 Å². The minimum absolute atomic E-state index is 0.0774. The van der Waals surface area contributed by atoms with Crippen molar-refractivity contribution in [2.75, 3.05) is 5.32 Å². The van der Waals surface area contributed by atoms with Crippen molar-refractivity contribution < 1.29 is 9.18 Å². The van der Waals surface area contributed by atoms with E-state index in [0.717, 1.165) is 10.5 Å². The lowest BCUT2D eigenvalue weighted by molar-refractivity contribution is -0.123. The molecule has 1 heterocycles. The minimum Gasteiger partial charge on any atom is -0.325 e. The van der Waals surface area contributed by atoms with E-state index in [-0.39, 0.29) is 17.0 Å². The van der Waals surface area contributed by atoms with Crippen LogP contribution < -0.4 is 5.32 Å². The highest BCUT2D eigenvalue weighted by atomic mass is 35.5. The van der Waals surface area contributed by atoms with E-state index in [2.05, 4.69) is 15.4 Å². The molecular weight excluding hydrogens is 399 g/mol. The molecule has 0 bridgehead atoms. The fourth-order valence-corrected chi connectivity index (χ4v) is 3.45. The van der Waals surface area contributed by atoms with Crippen LogP contribution in [-0.4, -0.2) is 20.7 Å². The van der Waals surface area contributed by atoms with Crippen molar-refractivity contribution in [3.63, 3.8) is 0 Å². The Morgan fingerprint density at radius 1 is 1.18 bits per heavy atom. The first-order valence-corrected chi connectivity index (χ1v) is 9.85. The molecule has 8 heteroatoms. The van der Waals surface area contributed by atoms with Crippen molar-refractivity contribution in [2.24, 2.45) is 5.41 Å². The minimum atomic E-state index is -0.510. The van der Waals surface area contributed by atoms with Gasteiger partial charge in [-0.15, -0.1) is 5.10 Å². The van der Waals surface area contributed by atoms with E-state index in [1.165, 1.54) is 23.9 Å². The molecule has 0 spiro atoms. The molecule has 0 unspecified atom stereocenters. The smallest absolute Gasteiger partial charge is 0.243 e. The molecule has 3 rings (SSSR count). The van der Waals surface area contributed by atoms with Crippen LogP contribution in [0.2, 0.25) is 5.28 Å². The fraction of sp³-hybridized carbons (Fsp3) is 0.250. The third kappa shape index (κ3) is 5.11. The highest BCUT2D eigenvalue weighted by Crippen LogP contribution is 2.34. The van der Waals surface area contributed by atoms with Gasteiger partial charge in [-0.05, 0) is 53.2 Å². The van der Waals surface area contributed by atoms with E-state index in [9.17, 15) is 9.18 Å². The van der Waals surface area contributed by atoms with Crippen molar-refractivity contribution in [1.82, 2.24) is 14.8 Å². The van der Waals surface area contributed by atoms with Crippen LogP contribution in [0.1, 0.15) is 26.3 Å². The molecule has 0 radical (unpaired) electrons. The number of benzene rings is 2. The second-order valence-electron chi connectivity index (χ2n) is 7.25. The zero-order chi connectivity index (χ0) is 20.3. The van der Waals surface area contributed by atoms with Crippen LogP contribution in [0, 0.1) is 11.2 Å². The Morgan fingerprint density at radius 2 is 1.86 bits per heavy atom. The van der Waals surface area contributed by atoms with E-state index in [1.807, 2.05) is 45.0 Å². The lowest BCUT2D eigenvalue weighted by Gasteiger charge is -2.19. The summed E-state index contributed by atoms with van der Waals surface area (Å²) in [7, 11) is 0. The molecule has 1 aromatic heterocycles. The van der Waals surface area contributed by atoms with E-state index in [4.69, 9.17) is 11.6 Å². The summed E-state index contributed by atoms with van der Waals surface area (Å²) in [6.45, 7) is 5.98. The molecule has 0 saturated heterocycles. The molecule has 5 nitrogen and oxygen atoms in total. The predicted octanol–water partition coefficient (Wildman–Crippen LogP) is 5.25. The van der Waals surface area contributed by atoms with Crippen LogP contribution in [0.15, 0.2) is 58.6 Å². The number of aromatic nitrogens is 3. The number of hydrogen-bond donors (Lipinski definition) is 1. The Kier molecular flexibility index (Phi) is 6.05. The number of para-hydroxylation sites is 1. The molecule has 0 aliphatic rings. The predicted molar refractivity (Wildman–Crippen MR) is 109 cm³/mol. The number of rotatable bonds is 5. The summed E-state index contributed by atoms with van der Waals surface area (Å²) >= 11 is 7.37. The van der Waals surface area contributed by atoms with Crippen molar-refractivity contribution in [2.45, 2.75) is 37.4 Å². The van der Waals surface area contributed by atoms with E-state index in [0.29, 0.717) is 17.4 Å². The molecule has 3 aromatic rings. The summed E-state index contributed by atoms with van der Waals surface area (Å²) in [6.07, 6.45) is 0. The van der Waals surface area contributed by atoms with Crippen LogP contribution in [0.25, 0.3) is 0 Å². The van der Waals surface area contributed by atoms with Gasteiger partial charge in [0.2, 0.25) is 11.2 Å². The number of hydrogen-bond acceptors (Lipinski definition) is 4. The number of nitrogens with zero attached hydrogens (tertiary/aromatic N) is 3. The average Bonchev–Trinajstić information content (AvgIpc) is 2.97. The first kappa shape index (κ1) is 20.4. The number of carbonyl (C=O) groups excluding carboxylic acids is 1. The van der Waals surface area contributed by atoms with Gasteiger partial charge < -0.3 is 5.32 Å². The SMILES string of the molecule is CC(C)(C)C(=O)Nc1ccccc1Sc1nc(Cl)nn1Cc1ccc(F)cc1. The zero-order valence-electron chi connectivity index (χ0n) is 15.7. The van der Waals surface area contributed by atoms with E-state index < -0.39 is 5.41 Å². The Balaban J connectivity index is 1.85. The third-order valence-corrected chi connectivity index (χ3v) is 5.10. The molecule has 0 aliphatic carbocycles. The summed E-state index contributed by atoms with van der Waals surface area (Å²) in [5.74, 6) is -0.371. The molecule has 2 aromatic carbocycles. The Labute approximate surface area is 172 Å². The maximum absolute atomic E-state index is 13.1. The number of halogens is 2. The second kappa shape index (κ2) is 8.32. The topological polar surface area (TPSA) is 59.8 Å².